The van der Waals surface area contributed by atoms with Crippen molar-refractivity contribution in [3.05, 3.63) is 206 Å². The molecule has 10 aromatic carbocycles. The van der Waals surface area contributed by atoms with Crippen LogP contribution in [0, 0.1) is 0 Å². The van der Waals surface area contributed by atoms with Crippen molar-refractivity contribution in [1.29, 1.82) is 0 Å². The summed E-state index contributed by atoms with van der Waals surface area (Å²) >= 11 is 1.86. The molecule has 0 fully saturated rings. The summed E-state index contributed by atoms with van der Waals surface area (Å²) < 4.78 is 5.10. The molecule has 0 unspecified atom stereocenters. The molecule has 2 nitrogen and oxygen atoms in total. The zero-order valence-electron chi connectivity index (χ0n) is 30.9. The molecule has 0 atom stereocenters. The van der Waals surface area contributed by atoms with E-state index in [0.717, 1.165) is 22.7 Å². The van der Waals surface area contributed by atoms with Gasteiger partial charge >= 0.3 is 0 Å². The smallest absolute Gasteiger partial charge is 0.0626 e. The van der Waals surface area contributed by atoms with E-state index in [1.165, 1.54) is 85.4 Å². The number of nitrogens with zero attached hydrogens (tertiary/aromatic N) is 2. The third-order valence-corrected chi connectivity index (χ3v) is 12.9. The van der Waals surface area contributed by atoms with Crippen LogP contribution in [0.4, 0.5) is 17.1 Å². The van der Waals surface area contributed by atoms with Crippen LogP contribution in [0.1, 0.15) is 0 Å². The first-order chi connectivity index (χ1) is 28.3. The van der Waals surface area contributed by atoms with Crippen molar-refractivity contribution in [2.45, 2.75) is 0 Å². The Balaban J connectivity index is 1.08. The average molecular weight is 743 g/mol. The van der Waals surface area contributed by atoms with E-state index in [-0.39, 0.29) is 0 Å². The molecule has 0 aliphatic rings. The lowest BCUT2D eigenvalue weighted by molar-refractivity contribution is 1.18. The van der Waals surface area contributed by atoms with Gasteiger partial charge in [0, 0.05) is 64.5 Å². The molecule has 2 heterocycles. The number of rotatable bonds is 5. The highest BCUT2D eigenvalue weighted by Gasteiger charge is 2.21. The van der Waals surface area contributed by atoms with E-state index in [9.17, 15) is 0 Å². The fourth-order valence-electron chi connectivity index (χ4n) is 9.19. The minimum atomic E-state index is 1.10. The Morgan fingerprint density at radius 3 is 1.75 bits per heavy atom. The highest BCUT2D eigenvalue weighted by atomic mass is 32.1. The van der Waals surface area contributed by atoms with E-state index < -0.39 is 0 Å². The summed E-state index contributed by atoms with van der Waals surface area (Å²) in [7, 11) is 0. The summed E-state index contributed by atoms with van der Waals surface area (Å²) in [6.45, 7) is 0. The van der Waals surface area contributed by atoms with Gasteiger partial charge in [0.1, 0.15) is 0 Å². The van der Waals surface area contributed by atoms with Gasteiger partial charge in [0.25, 0.3) is 0 Å². The second-order valence-corrected chi connectivity index (χ2v) is 16.0. The first-order valence-electron chi connectivity index (χ1n) is 19.5. The predicted molar refractivity (Wildman–Crippen MR) is 246 cm³/mol. The van der Waals surface area contributed by atoms with Gasteiger partial charge in [-0.05, 0) is 99.4 Å². The Morgan fingerprint density at radius 2 is 0.947 bits per heavy atom. The Morgan fingerprint density at radius 1 is 0.351 bits per heavy atom. The van der Waals surface area contributed by atoms with Crippen molar-refractivity contribution in [1.82, 2.24) is 4.57 Å². The van der Waals surface area contributed by atoms with E-state index in [1.54, 1.807) is 0 Å². The molecular weight excluding hydrogens is 709 g/mol. The first kappa shape index (κ1) is 32.1. The molecule has 57 heavy (non-hydrogen) atoms. The Hall–Kier alpha value is -7.20. The number of thiophene rings is 1. The Bertz CT molecular complexity index is 3500. The van der Waals surface area contributed by atoms with Crippen LogP contribution in [0.5, 0.6) is 0 Å². The lowest BCUT2D eigenvalue weighted by Gasteiger charge is -2.26. The molecular formula is C54H34N2S. The van der Waals surface area contributed by atoms with Crippen LogP contribution in [-0.4, -0.2) is 4.57 Å². The summed E-state index contributed by atoms with van der Waals surface area (Å²) in [5.74, 6) is 0. The van der Waals surface area contributed by atoms with Crippen LogP contribution in [0.25, 0.3) is 91.1 Å². The Kier molecular flexibility index (Phi) is 7.13. The number of para-hydroxylation sites is 1. The van der Waals surface area contributed by atoms with Gasteiger partial charge in [0.15, 0.2) is 0 Å². The van der Waals surface area contributed by atoms with Crippen LogP contribution < -0.4 is 4.90 Å². The van der Waals surface area contributed by atoms with Crippen molar-refractivity contribution < 1.29 is 0 Å². The van der Waals surface area contributed by atoms with Crippen LogP contribution in [-0.2, 0) is 0 Å². The fraction of sp³-hybridized carbons (Fsp3) is 0. The van der Waals surface area contributed by atoms with Crippen LogP contribution in [0.2, 0.25) is 0 Å². The van der Waals surface area contributed by atoms with Crippen molar-refractivity contribution in [3.8, 4) is 16.8 Å². The molecule has 0 aliphatic heterocycles. The lowest BCUT2D eigenvalue weighted by atomic mass is 9.93. The molecule has 0 aliphatic carbocycles. The monoisotopic (exact) mass is 742 g/mol. The zero-order chi connectivity index (χ0) is 37.5. The molecule has 0 amide bonds. The highest BCUT2D eigenvalue weighted by Crippen LogP contribution is 2.46. The molecule has 266 valence electrons. The van der Waals surface area contributed by atoms with Gasteiger partial charge in [-0.25, -0.2) is 0 Å². The average Bonchev–Trinajstić information content (AvgIpc) is 3.83. The number of hydrogen-bond acceptors (Lipinski definition) is 2. The molecule has 2 aromatic heterocycles. The standard InChI is InChI=1S/C54H34N2S/c1-2-12-35(13-3-1)36-22-25-38(26-23-36)55(41-31-33-51-48(34-41)44-17-9-11-21-50(44)57-51)39-27-29-40(30-28-39)56-49-20-10-8-19-47(49)53-52-42-15-5-4-14-37(42)24-32-45(52)43-16-6-7-18-46(43)54(53)56/h1-34H. The third-order valence-electron chi connectivity index (χ3n) is 11.7. The summed E-state index contributed by atoms with van der Waals surface area (Å²) in [5, 5.41) is 12.8. The molecule has 0 saturated heterocycles. The minimum Gasteiger partial charge on any atom is -0.310 e. The van der Waals surface area contributed by atoms with Crippen LogP contribution in [0.15, 0.2) is 206 Å². The van der Waals surface area contributed by atoms with E-state index in [2.05, 4.69) is 216 Å². The third kappa shape index (κ3) is 4.96. The highest BCUT2D eigenvalue weighted by molar-refractivity contribution is 7.25. The largest absolute Gasteiger partial charge is 0.310 e. The second-order valence-electron chi connectivity index (χ2n) is 14.9. The second kappa shape index (κ2) is 12.7. The van der Waals surface area contributed by atoms with Crippen molar-refractivity contribution in [2.75, 3.05) is 4.90 Å². The number of anilines is 3. The van der Waals surface area contributed by atoms with Crippen LogP contribution in [0.3, 0.4) is 0 Å². The van der Waals surface area contributed by atoms with Crippen molar-refractivity contribution in [2.24, 2.45) is 0 Å². The number of benzene rings is 10. The molecule has 0 N–H and O–H groups in total. The van der Waals surface area contributed by atoms with E-state index in [4.69, 9.17) is 0 Å². The molecule has 12 aromatic rings. The van der Waals surface area contributed by atoms with E-state index >= 15 is 0 Å². The van der Waals surface area contributed by atoms with Gasteiger partial charge < -0.3 is 9.47 Å². The number of aromatic nitrogens is 1. The first-order valence-corrected chi connectivity index (χ1v) is 20.3. The van der Waals surface area contributed by atoms with Crippen molar-refractivity contribution in [3.63, 3.8) is 0 Å². The topological polar surface area (TPSA) is 8.17 Å². The maximum absolute atomic E-state index is 2.49. The summed E-state index contributed by atoms with van der Waals surface area (Å²) in [6, 6.07) is 75.6. The fourth-order valence-corrected chi connectivity index (χ4v) is 10.3. The summed E-state index contributed by atoms with van der Waals surface area (Å²) in [4.78, 5) is 2.39. The molecule has 0 radical (unpaired) electrons. The molecule has 0 spiro atoms. The zero-order valence-corrected chi connectivity index (χ0v) is 31.7. The van der Waals surface area contributed by atoms with Gasteiger partial charge in [-0.1, -0.05) is 140 Å². The minimum absolute atomic E-state index is 1.10. The maximum Gasteiger partial charge on any atom is 0.0626 e. The van der Waals surface area contributed by atoms with Gasteiger partial charge in [-0.15, -0.1) is 11.3 Å². The van der Waals surface area contributed by atoms with Gasteiger partial charge in [-0.2, -0.15) is 0 Å². The Labute approximate surface area is 333 Å². The summed E-state index contributed by atoms with van der Waals surface area (Å²) in [5.41, 5.74) is 9.34. The number of fused-ring (bicyclic) bond motifs is 13. The van der Waals surface area contributed by atoms with Gasteiger partial charge in [-0.3, -0.25) is 0 Å². The van der Waals surface area contributed by atoms with E-state index in [1.807, 2.05) is 11.3 Å². The normalized spacial score (nSPS) is 11.9. The summed E-state index contributed by atoms with van der Waals surface area (Å²) in [6.07, 6.45) is 0. The SMILES string of the molecule is c1ccc(-c2ccc(N(c3ccc(-n4c5ccccc5c5c6c7ccccc7ccc6c6ccccc6c54)cc3)c3ccc4sc5ccccc5c4c3)cc2)cc1. The van der Waals surface area contributed by atoms with Gasteiger partial charge in [0.2, 0.25) is 0 Å². The predicted octanol–water partition coefficient (Wildman–Crippen LogP) is 15.7. The quantitative estimate of drug-likeness (QED) is 0.159. The molecule has 0 bridgehead atoms. The molecule has 3 heteroatoms. The maximum atomic E-state index is 2.49. The van der Waals surface area contributed by atoms with Gasteiger partial charge in [0.05, 0.1) is 11.0 Å². The van der Waals surface area contributed by atoms with Crippen LogP contribution >= 0.6 is 11.3 Å². The lowest BCUT2D eigenvalue weighted by Crippen LogP contribution is -2.10. The molecule has 0 saturated carbocycles. The molecule has 12 rings (SSSR count). The van der Waals surface area contributed by atoms with Crippen molar-refractivity contribution >= 4 is 103 Å². The number of hydrogen-bond donors (Lipinski definition) is 0. The van der Waals surface area contributed by atoms with E-state index in [0.29, 0.717) is 0 Å².